The zero-order valence-corrected chi connectivity index (χ0v) is 11.2. The normalized spacial score (nSPS) is 11.1. The average Bonchev–Trinajstić information content (AvgIpc) is 2.22. The summed E-state index contributed by atoms with van der Waals surface area (Å²) in [5.41, 5.74) is 5.69. The highest BCUT2D eigenvalue weighted by Crippen LogP contribution is 2.15. The Balaban J connectivity index is 2.63. The lowest BCUT2D eigenvalue weighted by atomic mass is 9.99. The third-order valence-electron chi connectivity index (χ3n) is 3.14. The van der Waals surface area contributed by atoms with Gasteiger partial charge in [0.1, 0.15) is 0 Å². The van der Waals surface area contributed by atoms with E-state index < -0.39 is 0 Å². The molecule has 0 amide bonds. The molecule has 0 aliphatic rings. The summed E-state index contributed by atoms with van der Waals surface area (Å²) in [6.07, 6.45) is 1.13. The lowest BCUT2D eigenvalue weighted by Gasteiger charge is -2.17. The summed E-state index contributed by atoms with van der Waals surface area (Å²) in [7, 11) is 4.13. The van der Waals surface area contributed by atoms with Crippen LogP contribution in [-0.4, -0.2) is 32.2 Å². The van der Waals surface area contributed by atoms with Crippen LogP contribution in [0, 0.1) is 20.8 Å². The Hall–Kier alpha value is -0.860. The van der Waals surface area contributed by atoms with Gasteiger partial charge >= 0.3 is 0 Å². The van der Waals surface area contributed by atoms with Crippen LogP contribution >= 0.6 is 0 Å². The van der Waals surface area contributed by atoms with Crippen molar-refractivity contribution in [1.29, 1.82) is 0 Å². The molecule has 0 radical (unpaired) electrons. The summed E-state index contributed by atoms with van der Waals surface area (Å²) in [5, 5.41) is 3.16. The second kappa shape index (κ2) is 6.02. The van der Waals surface area contributed by atoms with Gasteiger partial charge in [-0.05, 0) is 63.5 Å². The maximum absolute atomic E-state index is 3.16. The van der Waals surface area contributed by atoms with Crippen LogP contribution < -0.4 is 5.32 Å². The first-order chi connectivity index (χ1) is 7.54. The molecule has 0 unspecified atom stereocenters. The molecule has 0 spiro atoms. The third-order valence-corrected chi connectivity index (χ3v) is 3.14. The van der Waals surface area contributed by atoms with E-state index in [-0.39, 0.29) is 0 Å². The molecule has 2 heteroatoms. The molecule has 90 valence electrons. The minimum absolute atomic E-state index is 0.948. The zero-order valence-electron chi connectivity index (χ0n) is 11.2. The van der Waals surface area contributed by atoms with Crippen LogP contribution in [0.4, 0.5) is 0 Å². The first kappa shape index (κ1) is 13.2. The predicted octanol–water partition coefficient (Wildman–Crippen LogP) is 2.26. The Morgan fingerprint density at radius 2 is 1.69 bits per heavy atom. The van der Waals surface area contributed by atoms with Gasteiger partial charge in [0.2, 0.25) is 0 Å². The number of benzene rings is 1. The number of hydrogen-bond donors (Lipinski definition) is 1. The molecule has 1 rings (SSSR count). The predicted molar refractivity (Wildman–Crippen MR) is 70.9 cm³/mol. The van der Waals surface area contributed by atoms with E-state index in [1.54, 1.807) is 0 Å². The first-order valence-corrected chi connectivity index (χ1v) is 5.94. The van der Waals surface area contributed by atoms with E-state index in [0.717, 1.165) is 19.6 Å². The van der Waals surface area contributed by atoms with Crippen molar-refractivity contribution in [3.63, 3.8) is 0 Å². The average molecular weight is 220 g/mol. The van der Waals surface area contributed by atoms with Crippen LogP contribution in [-0.2, 0) is 6.42 Å². The van der Waals surface area contributed by atoms with Crippen LogP contribution in [0.1, 0.15) is 22.3 Å². The van der Waals surface area contributed by atoms with E-state index in [1.165, 1.54) is 22.3 Å². The van der Waals surface area contributed by atoms with Crippen molar-refractivity contribution >= 4 is 0 Å². The van der Waals surface area contributed by atoms with Crippen molar-refractivity contribution in [2.24, 2.45) is 0 Å². The molecule has 0 aliphatic heterocycles. The topological polar surface area (TPSA) is 15.3 Å². The summed E-state index contributed by atoms with van der Waals surface area (Å²) in [5.74, 6) is 0. The van der Waals surface area contributed by atoms with Gasteiger partial charge in [0.25, 0.3) is 0 Å². The highest BCUT2D eigenvalue weighted by atomic mass is 15.2. The summed E-state index contributed by atoms with van der Waals surface area (Å²) in [4.78, 5) is 2.30. The number of nitrogens with zero attached hydrogens (tertiary/aromatic N) is 1. The molecule has 0 atom stereocenters. The minimum Gasteiger partial charge on any atom is -0.307 e. The van der Waals surface area contributed by atoms with Gasteiger partial charge in [0.15, 0.2) is 0 Å². The van der Waals surface area contributed by atoms with E-state index >= 15 is 0 Å². The molecule has 0 aromatic heterocycles. The summed E-state index contributed by atoms with van der Waals surface area (Å²) < 4.78 is 0. The number of aryl methyl sites for hydroxylation is 3. The maximum Gasteiger partial charge on any atom is 0.0475 e. The molecule has 0 heterocycles. The lowest BCUT2D eigenvalue weighted by molar-refractivity contribution is 0.321. The summed E-state index contributed by atoms with van der Waals surface area (Å²) in [6, 6.07) is 4.63. The van der Waals surface area contributed by atoms with Crippen LogP contribution in [0.5, 0.6) is 0 Å². The standard InChI is InChI=1S/C14H24N2/c1-11-8-13(3)14(9-12(11)2)6-7-16(5)10-15-4/h8-9,15H,6-7,10H2,1-5H3. The smallest absolute Gasteiger partial charge is 0.0475 e. The van der Waals surface area contributed by atoms with Crippen LogP contribution in [0.15, 0.2) is 12.1 Å². The van der Waals surface area contributed by atoms with Crippen molar-refractivity contribution in [1.82, 2.24) is 10.2 Å². The van der Waals surface area contributed by atoms with Gasteiger partial charge in [-0.1, -0.05) is 12.1 Å². The minimum atomic E-state index is 0.948. The molecular weight excluding hydrogens is 196 g/mol. The molecule has 0 bridgehead atoms. The van der Waals surface area contributed by atoms with Crippen molar-refractivity contribution in [2.45, 2.75) is 27.2 Å². The van der Waals surface area contributed by atoms with E-state index in [4.69, 9.17) is 0 Å². The Morgan fingerprint density at radius 1 is 1.06 bits per heavy atom. The van der Waals surface area contributed by atoms with Crippen molar-refractivity contribution < 1.29 is 0 Å². The van der Waals surface area contributed by atoms with E-state index in [2.05, 4.69) is 50.2 Å². The van der Waals surface area contributed by atoms with Gasteiger partial charge in [-0.2, -0.15) is 0 Å². The van der Waals surface area contributed by atoms with E-state index in [1.807, 2.05) is 7.05 Å². The van der Waals surface area contributed by atoms with Gasteiger partial charge < -0.3 is 5.32 Å². The molecule has 0 saturated carbocycles. The van der Waals surface area contributed by atoms with Crippen LogP contribution in [0.25, 0.3) is 0 Å². The molecule has 0 saturated heterocycles. The molecular formula is C14H24N2. The Bertz CT molecular complexity index is 345. The highest BCUT2D eigenvalue weighted by molar-refractivity contribution is 5.36. The van der Waals surface area contributed by atoms with Crippen molar-refractivity contribution in [2.75, 3.05) is 27.3 Å². The quantitative estimate of drug-likeness (QED) is 0.766. The zero-order chi connectivity index (χ0) is 12.1. The third kappa shape index (κ3) is 3.62. The van der Waals surface area contributed by atoms with Gasteiger partial charge in [-0.15, -0.1) is 0 Å². The van der Waals surface area contributed by atoms with Crippen molar-refractivity contribution in [3.8, 4) is 0 Å². The molecule has 1 N–H and O–H groups in total. The molecule has 1 aromatic carbocycles. The molecule has 0 aliphatic carbocycles. The maximum atomic E-state index is 3.16. The van der Waals surface area contributed by atoms with Crippen LogP contribution in [0.3, 0.4) is 0 Å². The van der Waals surface area contributed by atoms with E-state index in [0.29, 0.717) is 0 Å². The molecule has 2 nitrogen and oxygen atoms in total. The van der Waals surface area contributed by atoms with Gasteiger partial charge in [-0.25, -0.2) is 0 Å². The van der Waals surface area contributed by atoms with Crippen LogP contribution in [0.2, 0.25) is 0 Å². The second-order valence-electron chi connectivity index (χ2n) is 4.70. The fourth-order valence-electron chi connectivity index (χ4n) is 1.95. The fraction of sp³-hybridized carbons (Fsp3) is 0.571. The molecule has 1 aromatic rings. The Labute approximate surface area is 99.7 Å². The number of hydrogen-bond acceptors (Lipinski definition) is 2. The number of rotatable bonds is 5. The lowest BCUT2D eigenvalue weighted by Crippen LogP contribution is -2.30. The molecule has 16 heavy (non-hydrogen) atoms. The number of likely N-dealkylation sites (N-methyl/N-ethyl adjacent to an activating group) is 1. The highest BCUT2D eigenvalue weighted by Gasteiger charge is 2.03. The first-order valence-electron chi connectivity index (χ1n) is 5.94. The number of nitrogens with one attached hydrogen (secondary N) is 1. The molecule has 0 fully saturated rings. The second-order valence-corrected chi connectivity index (χ2v) is 4.70. The monoisotopic (exact) mass is 220 g/mol. The largest absolute Gasteiger partial charge is 0.307 e. The Morgan fingerprint density at radius 3 is 2.31 bits per heavy atom. The van der Waals surface area contributed by atoms with Crippen molar-refractivity contribution in [3.05, 3.63) is 34.4 Å². The fourth-order valence-corrected chi connectivity index (χ4v) is 1.95. The Kier molecular flexibility index (Phi) is 4.97. The SMILES string of the molecule is CNCN(C)CCc1cc(C)c(C)cc1C. The van der Waals surface area contributed by atoms with Gasteiger partial charge in [0.05, 0.1) is 0 Å². The summed E-state index contributed by atoms with van der Waals surface area (Å²) >= 11 is 0. The van der Waals surface area contributed by atoms with Gasteiger partial charge in [-0.3, -0.25) is 4.90 Å². The summed E-state index contributed by atoms with van der Waals surface area (Å²) in [6.45, 7) is 8.63. The van der Waals surface area contributed by atoms with E-state index in [9.17, 15) is 0 Å². The van der Waals surface area contributed by atoms with Gasteiger partial charge in [0, 0.05) is 13.2 Å².